The number of hydrogen-bond acceptors (Lipinski definition) is 1. The fourth-order valence-corrected chi connectivity index (χ4v) is 1.02. The smallest absolute Gasteiger partial charge is 0.0937 e. The minimum absolute atomic E-state index is 0.844. The molecule has 0 aliphatic carbocycles. The molecule has 0 spiro atoms. The standard InChI is InChI=1S/C10H22N2/c1-3-5-7-8-10(11)12-9-6-4-2/h3-9H2,1-2H3,(H2,11,12). The molecule has 12 heavy (non-hydrogen) atoms. The van der Waals surface area contributed by atoms with Crippen LogP contribution < -0.4 is 5.73 Å². The number of nitrogens with two attached hydrogens (primary N) is 1. The van der Waals surface area contributed by atoms with E-state index in [9.17, 15) is 0 Å². The van der Waals surface area contributed by atoms with Crippen LogP contribution in [0, 0.1) is 0 Å². The van der Waals surface area contributed by atoms with E-state index in [2.05, 4.69) is 18.8 Å². The van der Waals surface area contributed by atoms with Crippen LogP contribution in [0.4, 0.5) is 0 Å². The van der Waals surface area contributed by atoms with Crippen molar-refractivity contribution in [3.05, 3.63) is 0 Å². The van der Waals surface area contributed by atoms with Crippen LogP contribution in [0.25, 0.3) is 0 Å². The molecule has 72 valence electrons. The molecule has 0 saturated heterocycles. The first-order chi connectivity index (χ1) is 5.81. The molecule has 0 fully saturated rings. The summed E-state index contributed by atoms with van der Waals surface area (Å²) in [6.45, 7) is 5.28. The molecule has 0 aliphatic rings. The molecular weight excluding hydrogens is 148 g/mol. The van der Waals surface area contributed by atoms with Gasteiger partial charge in [-0.15, -0.1) is 0 Å². The van der Waals surface area contributed by atoms with E-state index >= 15 is 0 Å². The predicted octanol–water partition coefficient (Wildman–Crippen LogP) is 2.72. The first-order valence-corrected chi connectivity index (χ1v) is 5.10. The van der Waals surface area contributed by atoms with Gasteiger partial charge in [0.2, 0.25) is 0 Å². The molecule has 0 aromatic rings. The maximum atomic E-state index is 5.71. The van der Waals surface area contributed by atoms with E-state index in [4.69, 9.17) is 5.73 Å². The van der Waals surface area contributed by atoms with Gasteiger partial charge < -0.3 is 5.73 Å². The second-order valence-electron chi connectivity index (χ2n) is 3.18. The van der Waals surface area contributed by atoms with Crippen LogP contribution in [-0.2, 0) is 0 Å². The largest absolute Gasteiger partial charge is 0.387 e. The Hall–Kier alpha value is -0.530. The van der Waals surface area contributed by atoms with Crippen LogP contribution in [0.1, 0.15) is 52.4 Å². The zero-order valence-corrected chi connectivity index (χ0v) is 8.47. The Bertz CT molecular complexity index is 119. The van der Waals surface area contributed by atoms with Gasteiger partial charge in [0.25, 0.3) is 0 Å². The van der Waals surface area contributed by atoms with E-state index in [1.54, 1.807) is 0 Å². The highest BCUT2D eigenvalue weighted by Gasteiger charge is 1.91. The van der Waals surface area contributed by atoms with Crippen LogP contribution in [-0.4, -0.2) is 12.4 Å². The molecule has 2 N–H and O–H groups in total. The number of hydrogen-bond donors (Lipinski definition) is 1. The van der Waals surface area contributed by atoms with E-state index < -0.39 is 0 Å². The van der Waals surface area contributed by atoms with Crippen molar-refractivity contribution in [1.82, 2.24) is 0 Å². The lowest BCUT2D eigenvalue weighted by molar-refractivity contribution is 0.734. The van der Waals surface area contributed by atoms with Gasteiger partial charge in [0.1, 0.15) is 0 Å². The van der Waals surface area contributed by atoms with Gasteiger partial charge in [-0.05, 0) is 12.8 Å². The molecule has 0 rings (SSSR count). The van der Waals surface area contributed by atoms with Gasteiger partial charge >= 0.3 is 0 Å². The fraction of sp³-hybridized carbons (Fsp3) is 0.900. The lowest BCUT2D eigenvalue weighted by Gasteiger charge is -1.99. The summed E-state index contributed by atoms with van der Waals surface area (Å²) in [5, 5.41) is 0. The van der Waals surface area contributed by atoms with Crippen LogP contribution in [0.5, 0.6) is 0 Å². The lowest BCUT2D eigenvalue weighted by atomic mass is 10.2. The quantitative estimate of drug-likeness (QED) is 0.356. The van der Waals surface area contributed by atoms with Crippen molar-refractivity contribution in [1.29, 1.82) is 0 Å². The molecular formula is C10H22N2. The number of nitrogens with zero attached hydrogens (tertiary/aromatic N) is 1. The van der Waals surface area contributed by atoms with Crippen LogP contribution in [0.2, 0.25) is 0 Å². The second-order valence-corrected chi connectivity index (χ2v) is 3.18. The van der Waals surface area contributed by atoms with E-state index in [1.165, 1.54) is 25.7 Å². The highest BCUT2D eigenvalue weighted by molar-refractivity contribution is 5.80. The van der Waals surface area contributed by atoms with Gasteiger partial charge in [-0.1, -0.05) is 33.1 Å². The highest BCUT2D eigenvalue weighted by Crippen LogP contribution is 1.98. The van der Waals surface area contributed by atoms with Crippen LogP contribution in [0.15, 0.2) is 4.99 Å². The van der Waals surface area contributed by atoms with E-state index in [0.29, 0.717) is 0 Å². The molecule has 0 aliphatic heterocycles. The van der Waals surface area contributed by atoms with E-state index in [-0.39, 0.29) is 0 Å². The van der Waals surface area contributed by atoms with Crippen molar-refractivity contribution < 1.29 is 0 Å². The van der Waals surface area contributed by atoms with Crippen molar-refractivity contribution in [2.24, 2.45) is 10.7 Å². The first-order valence-electron chi connectivity index (χ1n) is 5.10. The summed E-state index contributed by atoms with van der Waals surface area (Å²) in [4.78, 5) is 4.28. The molecule has 0 saturated carbocycles. The summed E-state index contributed by atoms with van der Waals surface area (Å²) in [5.41, 5.74) is 5.71. The number of unbranched alkanes of at least 4 members (excludes halogenated alkanes) is 3. The zero-order chi connectivity index (χ0) is 9.23. The Balaban J connectivity index is 3.29. The Morgan fingerprint density at radius 1 is 1.08 bits per heavy atom. The molecule has 0 bridgehead atoms. The molecule has 0 unspecified atom stereocenters. The van der Waals surface area contributed by atoms with Gasteiger partial charge in [-0.3, -0.25) is 4.99 Å². The molecule has 0 heterocycles. The number of amidine groups is 1. The maximum absolute atomic E-state index is 5.71. The third kappa shape index (κ3) is 7.58. The minimum atomic E-state index is 0.844. The molecule has 0 atom stereocenters. The van der Waals surface area contributed by atoms with Gasteiger partial charge in [-0.2, -0.15) is 0 Å². The Morgan fingerprint density at radius 2 is 1.75 bits per heavy atom. The average Bonchev–Trinajstić information content (AvgIpc) is 2.06. The van der Waals surface area contributed by atoms with Crippen molar-refractivity contribution >= 4 is 5.84 Å². The van der Waals surface area contributed by atoms with E-state index in [0.717, 1.165) is 25.2 Å². The molecule has 0 aromatic carbocycles. The zero-order valence-electron chi connectivity index (χ0n) is 8.47. The Kier molecular flexibility index (Phi) is 8.19. The normalized spacial score (nSPS) is 12.0. The first kappa shape index (κ1) is 11.5. The summed E-state index contributed by atoms with van der Waals surface area (Å²) < 4.78 is 0. The molecule has 2 nitrogen and oxygen atoms in total. The molecule has 0 radical (unpaired) electrons. The molecule has 0 aromatic heterocycles. The Morgan fingerprint density at radius 3 is 2.33 bits per heavy atom. The SMILES string of the molecule is CCCCCC(N)=NCCCC. The monoisotopic (exact) mass is 170 g/mol. The second kappa shape index (κ2) is 8.57. The third-order valence-electron chi connectivity index (χ3n) is 1.86. The topological polar surface area (TPSA) is 38.4 Å². The minimum Gasteiger partial charge on any atom is -0.387 e. The summed E-state index contributed by atoms with van der Waals surface area (Å²) in [6, 6.07) is 0. The van der Waals surface area contributed by atoms with Crippen LogP contribution >= 0.6 is 0 Å². The lowest BCUT2D eigenvalue weighted by Crippen LogP contribution is -2.11. The van der Waals surface area contributed by atoms with Crippen molar-refractivity contribution in [2.45, 2.75) is 52.4 Å². The summed E-state index contributed by atoms with van der Waals surface area (Å²) >= 11 is 0. The highest BCUT2D eigenvalue weighted by atomic mass is 14.8. The van der Waals surface area contributed by atoms with Gasteiger partial charge in [0.15, 0.2) is 0 Å². The number of rotatable bonds is 7. The molecule has 0 amide bonds. The summed E-state index contributed by atoms with van der Waals surface area (Å²) in [6.07, 6.45) is 7.06. The third-order valence-corrected chi connectivity index (χ3v) is 1.86. The van der Waals surface area contributed by atoms with Crippen LogP contribution in [0.3, 0.4) is 0 Å². The maximum Gasteiger partial charge on any atom is 0.0937 e. The molecule has 2 heteroatoms. The summed E-state index contributed by atoms with van der Waals surface area (Å²) in [5.74, 6) is 0.844. The predicted molar refractivity (Wildman–Crippen MR) is 55.5 cm³/mol. The number of aliphatic imine (C=N–C) groups is 1. The average molecular weight is 170 g/mol. The van der Waals surface area contributed by atoms with Crippen molar-refractivity contribution in [3.63, 3.8) is 0 Å². The van der Waals surface area contributed by atoms with Gasteiger partial charge in [0, 0.05) is 13.0 Å². The Labute approximate surface area is 76.3 Å². The van der Waals surface area contributed by atoms with E-state index in [1.807, 2.05) is 0 Å². The summed E-state index contributed by atoms with van der Waals surface area (Å²) in [7, 11) is 0. The van der Waals surface area contributed by atoms with Crippen molar-refractivity contribution in [3.8, 4) is 0 Å². The fourth-order valence-electron chi connectivity index (χ4n) is 1.02. The van der Waals surface area contributed by atoms with Gasteiger partial charge in [0.05, 0.1) is 5.84 Å². The van der Waals surface area contributed by atoms with Crippen molar-refractivity contribution in [2.75, 3.05) is 6.54 Å². The van der Waals surface area contributed by atoms with Gasteiger partial charge in [-0.25, -0.2) is 0 Å².